The molecule has 0 amide bonds. The fraction of sp³-hybridized carbons (Fsp3) is 0.667. The van der Waals surface area contributed by atoms with E-state index in [1.807, 2.05) is 0 Å². The maximum Gasteiger partial charge on any atom is 0.231 e. The van der Waals surface area contributed by atoms with Gasteiger partial charge < -0.3 is 20.4 Å². The molecule has 0 aliphatic carbocycles. The topological polar surface area (TPSA) is 115 Å². The highest BCUT2D eigenvalue weighted by Crippen LogP contribution is 1.92. The number of Topliss-reactive ketones (excluding diaryl/α,β-unsaturated/α-hetero) is 2. The molecule has 4 N–H and O–H groups in total. The van der Waals surface area contributed by atoms with Crippen LogP contribution in [0.5, 0.6) is 0 Å². The molecule has 0 saturated heterocycles. The van der Waals surface area contributed by atoms with E-state index in [1.54, 1.807) is 0 Å². The molecule has 0 aromatic heterocycles. The summed E-state index contributed by atoms with van der Waals surface area (Å²) in [5.74, 6) is -2.61. The molecule has 0 spiro atoms. The van der Waals surface area contributed by atoms with Crippen molar-refractivity contribution < 1.29 is 30.0 Å². The van der Waals surface area contributed by atoms with Crippen molar-refractivity contribution in [3.05, 3.63) is 0 Å². The Morgan fingerprint density at radius 3 is 1.33 bits per heavy atom. The van der Waals surface area contributed by atoms with E-state index in [9.17, 15) is 9.59 Å². The summed E-state index contributed by atoms with van der Waals surface area (Å²) in [5.41, 5.74) is 0. The third kappa shape index (κ3) is 2.67. The fourth-order valence-electron chi connectivity index (χ4n) is 0.494. The van der Waals surface area contributed by atoms with Gasteiger partial charge in [-0.15, -0.1) is 0 Å². The van der Waals surface area contributed by atoms with Crippen LogP contribution in [0.1, 0.15) is 0 Å². The highest BCUT2D eigenvalue weighted by molar-refractivity contribution is 6.40. The van der Waals surface area contributed by atoms with E-state index in [0.717, 1.165) is 0 Å². The number of rotatable bonds is 5. The fourth-order valence-corrected chi connectivity index (χ4v) is 0.494. The monoisotopic (exact) mass is 178 g/mol. The molecule has 0 heterocycles. The van der Waals surface area contributed by atoms with Crippen LogP contribution in [0.3, 0.4) is 0 Å². The van der Waals surface area contributed by atoms with Crippen molar-refractivity contribution in [1.29, 1.82) is 0 Å². The lowest BCUT2D eigenvalue weighted by molar-refractivity contribution is -0.148. The van der Waals surface area contributed by atoms with Crippen LogP contribution in [0.4, 0.5) is 0 Å². The highest BCUT2D eigenvalue weighted by atomic mass is 16.3. The van der Waals surface area contributed by atoms with Crippen molar-refractivity contribution in [2.24, 2.45) is 0 Å². The van der Waals surface area contributed by atoms with Crippen LogP contribution in [0.15, 0.2) is 0 Å². The van der Waals surface area contributed by atoms with E-state index in [-0.39, 0.29) is 0 Å². The number of aliphatic hydroxyl groups is 4. The van der Waals surface area contributed by atoms with Gasteiger partial charge in [0.1, 0.15) is 12.2 Å². The molecule has 0 aliphatic heterocycles. The number of hydrogen-bond donors (Lipinski definition) is 4. The summed E-state index contributed by atoms with van der Waals surface area (Å²) in [4.78, 5) is 21.3. The molecule has 6 nitrogen and oxygen atoms in total. The van der Waals surface area contributed by atoms with Gasteiger partial charge in [0.2, 0.25) is 11.6 Å². The summed E-state index contributed by atoms with van der Waals surface area (Å²) in [6.07, 6.45) is -3.64. The number of aliphatic hydroxyl groups excluding tert-OH is 4. The smallest absolute Gasteiger partial charge is 0.231 e. The van der Waals surface area contributed by atoms with Crippen molar-refractivity contribution in [3.8, 4) is 0 Å². The largest absolute Gasteiger partial charge is 0.393 e. The van der Waals surface area contributed by atoms with E-state index < -0.39 is 37.0 Å². The number of hydrogen-bond acceptors (Lipinski definition) is 6. The third-order valence-electron chi connectivity index (χ3n) is 1.19. The lowest BCUT2D eigenvalue weighted by Crippen LogP contribution is -2.39. The molecular formula is C6H10O6. The first-order chi connectivity index (χ1) is 5.54. The Morgan fingerprint density at radius 1 is 0.917 bits per heavy atom. The Morgan fingerprint density at radius 2 is 1.17 bits per heavy atom. The lowest BCUT2D eigenvalue weighted by atomic mass is 10.1. The minimum atomic E-state index is -1.82. The molecule has 12 heavy (non-hydrogen) atoms. The Balaban J connectivity index is 4.19. The molecule has 0 aliphatic rings. The van der Waals surface area contributed by atoms with Crippen molar-refractivity contribution >= 4 is 11.6 Å². The minimum Gasteiger partial charge on any atom is -0.393 e. The maximum absolute atomic E-state index is 10.6. The number of carbonyl (C=O) groups is 2. The van der Waals surface area contributed by atoms with Crippen molar-refractivity contribution in [3.63, 3.8) is 0 Å². The van der Waals surface area contributed by atoms with Gasteiger partial charge in [-0.2, -0.15) is 0 Å². The molecule has 0 fully saturated rings. The van der Waals surface area contributed by atoms with Crippen LogP contribution in [0, 0.1) is 0 Å². The van der Waals surface area contributed by atoms with Crippen LogP contribution >= 0.6 is 0 Å². The molecule has 0 aromatic carbocycles. The highest BCUT2D eigenvalue weighted by Gasteiger charge is 2.27. The molecule has 0 radical (unpaired) electrons. The summed E-state index contributed by atoms with van der Waals surface area (Å²) >= 11 is 0. The summed E-state index contributed by atoms with van der Waals surface area (Å²) in [7, 11) is 0. The average molecular weight is 178 g/mol. The summed E-state index contributed by atoms with van der Waals surface area (Å²) in [6, 6.07) is 0. The molecule has 0 aromatic rings. The molecule has 0 unspecified atom stereocenters. The van der Waals surface area contributed by atoms with Gasteiger partial charge >= 0.3 is 0 Å². The van der Waals surface area contributed by atoms with Crippen LogP contribution in [0.2, 0.25) is 0 Å². The maximum atomic E-state index is 10.6. The van der Waals surface area contributed by atoms with Gasteiger partial charge in [-0.25, -0.2) is 0 Å². The minimum absolute atomic E-state index is 0.886. The summed E-state index contributed by atoms with van der Waals surface area (Å²) < 4.78 is 0. The van der Waals surface area contributed by atoms with Gasteiger partial charge in [0.25, 0.3) is 0 Å². The predicted octanol–water partition coefficient (Wildman–Crippen LogP) is -3.17. The standard InChI is InChI=1S/C6H10O6/c7-1-3(9)5(11)6(12)4(10)2-8/h3-4,7-10H,1-2H2/t3-,4+. The van der Waals surface area contributed by atoms with Crippen LogP contribution < -0.4 is 0 Å². The van der Waals surface area contributed by atoms with Crippen LogP contribution in [-0.2, 0) is 9.59 Å². The van der Waals surface area contributed by atoms with Crippen LogP contribution in [0.25, 0.3) is 0 Å². The van der Waals surface area contributed by atoms with Gasteiger partial charge in [0.15, 0.2) is 0 Å². The first-order valence-electron chi connectivity index (χ1n) is 3.20. The van der Waals surface area contributed by atoms with Crippen molar-refractivity contribution in [1.82, 2.24) is 0 Å². The van der Waals surface area contributed by atoms with E-state index in [1.165, 1.54) is 0 Å². The normalized spacial score (nSPS) is 15.3. The Hall–Kier alpha value is -0.820. The van der Waals surface area contributed by atoms with Crippen molar-refractivity contribution in [2.45, 2.75) is 12.2 Å². The van der Waals surface area contributed by atoms with Crippen molar-refractivity contribution in [2.75, 3.05) is 13.2 Å². The number of ketones is 2. The van der Waals surface area contributed by atoms with Gasteiger partial charge in [0.05, 0.1) is 13.2 Å². The second-order valence-corrected chi connectivity index (χ2v) is 2.13. The molecule has 70 valence electrons. The Labute approximate surface area is 68.1 Å². The first kappa shape index (κ1) is 11.2. The Bertz CT molecular complexity index is 157. The quantitative estimate of drug-likeness (QED) is 0.330. The summed E-state index contributed by atoms with van der Waals surface area (Å²) in [5, 5.41) is 33.7. The lowest BCUT2D eigenvalue weighted by Gasteiger charge is -2.07. The van der Waals surface area contributed by atoms with Crippen LogP contribution in [-0.4, -0.2) is 57.4 Å². The van der Waals surface area contributed by atoms with Gasteiger partial charge in [0, 0.05) is 0 Å². The summed E-state index contributed by atoms with van der Waals surface area (Å²) in [6.45, 7) is -1.77. The molecule has 0 bridgehead atoms. The zero-order valence-corrected chi connectivity index (χ0v) is 6.17. The average Bonchev–Trinajstić information content (AvgIpc) is 2.12. The predicted molar refractivity (Wildman–Crippen MR) is 36.2 cm³/mol. The van der Waals surface area contributed by atoms with E-state index in [0.29, 0.717) is 0 Å². The molecule has 0 rings (SSSR count). The molecular weight excluding hydrogens is 168 g/mol. The SMILES string of the molecule is O=C(C(=O)[C@@H](O)CO)[C@H](O)CO. The molecule has 6 heteroatoms. The second-order valence-electron chi connectivity index (χ2n) is 2.13. The first-order valence-corrected chi connectivity index (χ1v) is 3.20. The Kier molecular flexibility index (Phi) is 4.60. The van der Waals surface area contributed by atoms with E-state index in [4.69, 9.17) is 20.4 Å². The molecule has 0 saturated carbocycles. The zero-order valence-electron chi connectivity index (χ0n) is 6.17. The zero-order chi connectivity index (χ0) is 9.72. The number of carbonyl (C=O) groups excluding carboxylic acids is 2. The van der Waals surface area contributed by atoms with Gasteiger partial charge in [-0.1, -0.05) is 0 Å². The van der Waals surface area contributed by atoms with E-state index >= 15 is 0 Å². The third-order valence-corrected chi connectivity index (χ3v) is 1.19. The van der Waals surface area contributed by atoms with Gasteiger partial charge in [-0.3, -0.25) is 9.59 Å². The second kappa shape index (κ2) is 4.94. The van der Waals surface area contributed by atoms with Gasteiger partial charge in [-0.05, 0) is 0 Å². The molecule has 2 atom stereocenters. The van der Waals surface area contributed by atoms with E-state index in [2.05, 4.69) is 0 Å².